The number of hydrogen-bond donors (Lipinski definition) is 0. The molecule has 0 saturated heterocycles. The van der Waals surface area contributed by atoms with Crippen molar-refractivity contribution < 1.29 is 14.0 Å². The number of methoxy groups -OCH3 is 2. The number of aromatic nitrogens is 2. The van der Waals surface area contributed by atoms with Crippen LogP contribution < -0.4 is 0 Å². The van der Waals surface area contributed by atoms with Crippen molar-refractivity contribution in [3.05, 3.63) is 11.7 Å². The van der Waals surface area contributed by atoms with E-state index in [9.17, 15) is 0 Å². The summed E-state index contributed by atoms with van der Waals surface area (Å²) in [5.74, 6) is 0.909. The van der Waals surface area contributed by atoms with Crippen molar-refractivity contribution in [3.63, 3.8) is 0 Å². The van der Waals surface area contributed by atoms with Crippen molar-refractivity contribution in [1.29, 1.82) is 0 Å². The molecule has 0 spiro atoms. The maximum absolute atomic E-state index is 4.88. The predicted octanol–water partition coefficient (Wildman–Crippen LogP) is 0.669. The van der Waals surface area contributed by atoms with Crippen LogP contribution in [0.25, 0.3) is 0 Å². The molecule has 0 atom stereocenters. The first-order valence-electron chi connectivity index (χ1n) is 3.13. The van der Waals surface area contributed by atoms with Crippen LogP contribution in [0.3, 0.4) is 0 Å². The molecule has 0 aliphatic carbocycles. The molecule has 0 aromatic carbocycles. The number of nitrogens with zero attached hydrogens (tertiary/aromatic N) is 2. The molecule has 0 N–H and O–H groups in total. The minimum Gasteiger partial charge on any atom is -0.348 e. The van der Waals surface area contributed by atoms with Crippen LogP contribution in [0.15, 0.2) is 4.52 Å². The van der Waals surface area contributed by atoms with Crippen molar-refractivity contribution in [2.75, 3.05) is 14.2 Å². The van der Waals surface area contributed by atoms with E-state index in [0.29, 0.717) is 11.7 Å². The Morgan fingerprint density at radius 2 is 2.00 bits per heavy atom. The van der Waals surface area contributed by atoms with Crippen molar-refractivity contribution in [3.8, 4) is 0 Å². The van der Waals surface area contributed by atoms with Gasteiger partial charge in [-0.15, -0.1) is 0 Å². The third kappa shape index (κ3) is 1.75. The fourth-order valence-electron chi connectivity index (χ4n) is 0.707. The van der Waals surface area contributed by atoms with E-state index in [4.69, 9.17) is 14.0 Å². The SMILES string of the molecule is COC(OC)c1nc(C)no1. The maximum atomic E-state index is 4.88. The molecule has 0 unspecified atom stereocenters. The average molecular weight is 158 g/mol. The highest BCUT2D eigenvalue weighted by Crippen LogP contribution is 2.13. The fraction of sp³-hybridized carbons (Fsp3) is 0.667. The van der Waals surface area contributed by atoms with Crippen molar-refractivity contribution in [2.24, 2.45) is 0 Å². The summed E-state index contributed by atoms with van der Waals surface area (Å²) in [7, 11) is 3.02. The molecule has 0 saturated carbocycles. The second kappa shape index (κ2) is 3.45. The van der Waals surface area contributed by atoms with Gasteiger partial charge < -0.3 is 14.0 Å². The Hall–Kier alpha value is -0.940. The summed E-state index contributed by atoms with van der Waals surface area (Å²) in [5, 5.41) is 3.59. The van der Waals surface area contributed by atoms with E-state index in [1.165, 1.54) is 14.2 Å². The summed E-state index contributed by atoms with van der Waals surface area (Å²) < 4.78 is 14.6. The summed E-state index contributed by atoms with van der Waals surface area (Å²) in [6.07, 6.45) is -0.559. The van der Waals surface area contributed by atoms with Crippen molar-refractivity contribution in [2.45, 2.75) is 13.2 Å². The molecule has 0 amide bonds. The molecule has 5 nitrogen and oxygen atoms in total. The van der Waals surface area contributed by atoms with E-state index in [1.807, 2.05) is 0 Å². The molecular weight excluding hydrogens is 148 g/mol. The van der Waals surface area contributed by atoms with E-state index in [-0.39, 0.29) is 0 Å². The van der Waals surface area contributed by atoms with Crippen molar-refractivity contribution in [1.82, 2.24) is 10.1 Å². The second-order valence-corrected chi connectivity index (χ2v) is 1.98. The largest absolute Gasteiger partial charge is 0.348 e. The summed E-state index contributed by atoms with van der Waals surface area (Å²) >= 11 is 0. The van der Waals surface area contributed by atoms with Crippen LogP contribution in [0.4, 0.5) is 0 Å². The number of ether oxygens (including phenoxy) is 2. The smallest absolute Gasteiger partial charge is 0.283 e. The lowest BCUT2D eigenvalue weighted by molar-refractivity contribution is -0.123. The topological polar surface area (TPSA) is 57.4 Å². The summed E-state index contributed by atoms with van der Waals surface area (Å²) in [6.45, 7) is 1.73. The Bertz CT molecular complexity index is 219. The van der Waals surface area contributed by atoms with Gasteiger partial charge in [0, 0.05) is 14.2 Å². The van der Waals surface area contributed by atoms with Crippen LogP contribution >= 0.6 is 0 Å². The van der Waals surface area contributed by atoms with Gasteiger partial charge in [-0.05, 0) is 6.92 Å². The summed E-state index contributed by atoms with van der Waals surface area (Å²) in [6, 6.07) is 0. The molecule has 5 heteroatoms. The Morgan fingerprint density at radius 3 is 2.36 bits per heavy atom. The molecule has 0 fully saturated rings. The lowest BCUT2D eigenvalue weighted by Crippen LogP contribution is -2.03. The lowest BCUT2D eigenvalue weighted by atomic mass is 10.6. The predicted molar refractivity (Wildman–Crippen MR) is 35.8 cm³/mol. The second-order valence-electron chi connectivity index (χ2n) is 1.98. The van der Waals surface area contributed by atoms with E-state index < -0.39 is 6.29 Å². The quantitative estimate of drug-likeness (QED) is 0.605. The Labute approximate surface area is 64.3 Å². The van der Waals surface area contributed by atoms with Gasteiger partial charge in [0.15, 0.2) is 5.82 Å². The molecule has 1 rings (SSSR count). The van der Waals surface area contributed by atoms with Gasteiger partial charge in [0.25, 0.3) is 5.89 Å². The van der Waals surface area contributed by atoms with Gasteiger partial charge in [-0.25, -0.2) is 0 Å². The zero-order chi connectivity index (χ0) is 8.27. The third-order valence-electron chi connectivity index (χ3n) is 1.17. The van der Waals surface area contributed by atoms with Crippen LogP contribution in [-0.4, -0.2) is 24.4 Å². The number of rotatable bonds is 3. The van der Waals surface area contributed by atoms with Crippen LogP contribution in [0, 0.1) is 6.92 Å². The first-order chi connectivity index (χ1) is 5.27. The van der Waals surface area contributed by atoms with E-state index in [0.717, 1.165) is 0 Å². The Kier molecular flexibility index (Phi) is 2.56. The normalized spacial score (nSPS) is 10.9. The average Bonchev–Trinajstić information content (AvgIpc) is 2.39. The molecular formula is C6H10N2O3. The van der Waals surface area contributed by atoms with Gasteiger partial charge in [0.1, 0.15) is 0 Å². The monoisotopic (exact) mass is 158 g/mol. The highest BCUT2D eigenvalue weighted by molar-refractivity contribution is 4.83. The summed E-state index contributed by atoms with van der Waals surface area (Å²) in [4.78, 5) is 3.92. The first kappa shape index (κ1) is 8.16. The van der Waals surface area contributed by atoms with Gasteiger partial charge in [0.2, 0.25) is 6.29 Å². The molecule has 0 radical (unpaired) electrons. The first-order valence-corrected chi connectivity index (χ1v) is 3.13. The Morgan fingerprint density at radius 1 is 1.36 bits per heavy atom. The van der Waals surface area contributed by atoms with E-state index in [2.05, 4.69) is 10.1 Å². The van der Waals surface area contributed by atoms with E-state index in [1.54, 1.807) is 6.92 Å². The van der Waals surface area contributed by atoms with Gasteiger partial charge in [0.05, 0.1) is 0 Å². The van der Waals surface area contributed by atoms with Crippen LogP contribution in [0.2, 0.25) is 0 Å². The van der Waals surface area contributed by atoms with Gasteiger partial charge >= 0.3 is 0 Å². The van der Waals surface area contributed by atoms with Crippen LogP contribution in [-0.2, 0) is 9.47 Å². The Balaban J connectivity index is 2.73. The third-order valence-corrected chi connectivity index (χ3v) is 1.17. The number of hydrogen-bond acceptors (Lipinski definition) is 5. The zero-order valence-corrected chi connectivity index (χ0v) is 6.70. The van der Waals surface area contributed by atoms with Gasteiger partial charge in [-0.2, -0.15) is 4.98 Å². The van der Waals surface area contributed by atoms with Crippen molar-refractivity contribution >= 4 is 0 Å². The number of aryl methyl sites for hydroxylation is 1. The highest BCUT2D eigenvalue weighted by Gasteiger charge is 2.15. The van der Waals surface area contributed by atoms with Gasteiger partial charge in [-0.1, -0.05) is 5.16 Å². The molecule has 62 valence electrons. The highest BCUT2D eigenvalue weighted by atomic mass is 16.7. The molecule has 1 heterocycles. The molecule has 1 aromatic heterocycles. The van der Waals surface area contributed by atoms with Crippen LogP contribution in [0.1, 0.15) is 18.0 Å². The van der Waals surface area contributed by atoms with Gasteiger partial charge in [-0.3, -0.25) is 0 Å². The standard InChI is InChI=1S/C6H10N2O3/c1-4-7-5(11-8-4)6(9-2)10-3/h6H,1-3H3. The van der Waals surface area contributed by atoms with E-state index >= 15 is 0 Å². The fourth-order valence-corrected chi connectivity index (χ4v) is 0.707. The summed E-state index contributed by atoms with van der Waals surface area (Å²) in [5.41, 5.74) is 0. The maximum Gasteiger partial charge on any atom is 0.283 e. The molecule has 0 aliphatic heterocycles. The molecule has 0 bridgehead atoms. The minimum atomic E-state index is -0.559. The van der Waals surface area contributed by atoms with Crippen LogP contribution in [0.5, 0.6) is 0 Å². The zero-order valence-electron chi connectivity index (χ0n) is 6.70. The molecule has 1 aromatic rings. The molecule has 0 aliphatic rings. The minimum absolute atomic E-state index is 0.340. The molecule has 11 heavy (non-hydrogen) atoms. The lowest BCUT2D eigenvalue weighted by Gasteiger charge is -2.06.